The van der Waals surface area contributed by atoms with Gasteiger partial charge in [-0.05, 0) is 43.7 Å². The van der Waals surface area contributed by atoms with Gasteiger partial charge in [-0.2, -0.15) is 5.10 Å². The molecule has 0 aliphatic rings. The maximum atomic E-state index is 12.8. The number of halogens is 1. The van der Waals surface area contributed by atoms with E-state index in [0.29, 0.717) is 27.8 Å². The van der Waals surface area contributed by atoms with Crippen LogP contribution in [-0.2, 0) is 0 Å². The van der Waals surface area contributed by atoms with E-state index < -0.39 is 0 Å². The molecule has 0 bridgehead atoms. The highest BCUT2D eigenvalue weighted by atomic mass is 35.5. The molecule has 0 unspecified atom stereocenters. The van der Waals surface area contributed by atoms with Crippen molar-refractivity contribution in [3.8, 4) is 16.9 Å². The minimum absolute atomic E-state index is 0.195. The number of carbonyl (C=O) groups is 1. The second-order valence-electron chi connectivity index (χ2n) is 6.53. The molecule has 0 spiro atoms. The maximum absolute atomic E-state index is 12.8. The number of benzene rings is 2. The Bertz CT molecular complexity index is 1240. The Labute approximate surface area is 172 Å². The highest BCUT2D eigenvalue weighted by Crippen LogP contribution is 2.29. The predicted octanol–water partition coefficient (Wildman–Crippen LogP) is 4.32. The summed E-state index contributed by atoms with van der Waals surface area (Å²) in [5.41, 5.74) is 4.46. The minimum atomic E-state index is -0.373. The summed E-state index contributed by atoms with van der Waals surface area (Å²) < 4.78 is 6.83. The van der Waals surface area contributed by atoms with Gasteiger partial charge in [-0.1, -0.05) is 29.8 Å². The second-order valence-corrected chi connectivity index (χ2v) is 6.96. The zero-order chi connectivity index (χ0) is 20.5. The summed E-state index contributed by atoms with van der Waals surface area (Å²) in [6, 6.07) is 14.6. The van der Waals surface area contributed by atoms with E-state index in [2.05, 4.69) is 20.6 Å². The number of fused-ring (bicyclic) bond motifs is 1. The van der Waals surface area contributed by atoms with Crippen molar-refractivity contribution in [3.63, 3.8) is 0 Å². The Hall–Kier alpha value is -3.45. The number of hydrogen-bond donors (Lipinski definition) is 1. The molecule has 7 nitrogen and oxygen atoms in total. The van der Waals surface area contributed by atoms with Crippen molar-refractivity contribution in [2.75, 3.05) is 12.4 Å². The molecular formula is C21H18ClN5O2. The lowest BCUT2D eigenvalue weighted by molar-refractivity contribution is 0.102. The number of aromatic nitrogens is 4. The molecule has 0 saturated heterocycles. The predicted molar refractivity (Wildman–Crippen MR) is 112 cm³/mol. The molecule has 4 rings (SSSR count). The van der Waals surface area contributed by atoms with Gasteiger partial charge in [0.2, 0.25) is 0 Å². The second kappa shape index (κ2) is 7.52. The largest absolute Gasteiger partial charge is 0.497 e. The van der Waals surface area contributed by atoms with E-state index in [4.69, 9.17) is 16.3 Å². The van der Waals surface area contributed by atoms with Gasteiger partial charge in [-0.3, -0.25) is 4.79 Å². The fourth-order valence-electron chi connectivity index (χ4n) is 3.19. The summed E-state index contributed by atoms with van der Waals surface area (Å²) in [5.74, 6) is 0.275. The van der Waals surface area contributed by atoms with E-state index in [0.717, 1.165) is 16.8 Å². The number of rotatable bonds is 4. The molecule has 2 aromatic heterocycles. The van der Waals surface area contributed by atoms with Crippen LogP contribution < -0.4 is 10.1 Å². The number of methoxy groups -OCH3 is 1. The van der Waals surface area contributed by atoms with Crippen molar-refractivity contribution in [1.82, 2.24) is 19.8 Å². The highest BCUT2D eigenvalue weighted by molar-refractivity contribution is 6.30. The van der Waals surface area contributed by atoms with E-state index >= 15 is 0 Å². The first kappa shape index (κ1) is 18.9. The van der Waals surface area contributed by atoms with E-state index in [1.807, 2.05) is 31.2 Å². The highest BCUT2D eigenvalue weighted by Gasteiger charge is 2.20. The van der Waals surface area contributed by atoms with Crippen LogP contribution in [0.1, 0.15) is 21.9 Å². The zero-order valence-corrected chi connectivity index (χ0v) is 16.9. The van der Waals surface area contributed by atoms with Crippen LogP contribution >= 0.6 is 11.6 Å². The van der Waals surface area contributed by atoms with Crippen LogP contribution in [0.5, 0.6) is 5.75 Å². The van der Waals surface area contributed by atoms with Crippen molar-refractivity contribution in [2.24, 2.45) is 0 Å². The van der Waals surface area contributed by atoms with Gasteiger partial charge < -0.3 is 10.1 Å². The van der Waals surface area contributed by atoms with Gasteiger partial charge in [0.1, 0.15) is 5.75 Å². The van der Waals surface area contributed by atoms with E-state index in [-0.39, 0.29) is 11.6 Å². The molecule has 4 aromatic rings. The van der Waals surface area contributed by atoms with Crippen LogP contribution in [0, 0.1) is 13.8 Å². The van der Waals surface area contributed by atoms with Crippen molar-refractivity contribution < 1.29 is 9.53 Å². The normalized spacial score (nSPS) is 10.9. The Balaban J connectivity index is 1.74. The van der Waals surface area contributed by atoms with Crippen molar-refractivity contribution in [2.45, 2.75) is 13.8 Å². The average molecular weight is 408 g/mol. The summed E-state index contributed by atoms with van der Waals surface area (Å²) in [7, 11) is 1.57. The summed E-state index contributed by atoms with van der Waals surface area (Å²) in [6.07, 6.45) is 0. The first-order chi connectivity index (χ1) is 14.0. The molecule has 0 aliphatic heterocycles. The van der Waals surface area contributed by atoms with Crippen molar-refractivity contribution in [3.05, 3.63) is 70.6 Å². The van der Waals surface area contributed by atoms with Crippen LogP contribution in [0.4, 0.5) is 5.69 Å². The molecule has 0 aliphatic carbocycles. The lowest BCUT2D eigenvalue weighted by Crippen LogP contribution is -2.18. The van der Waals surface area contributed by atoms with E-state index in [1.165, 1.54) is 0 Å². The molecule has 0 fully saturated rings. The number of amides is 1. The number of carbonyl (C=O) groups excluding carboxylic acids is 1. The van der Waals surface area contributed by atoms with Gasteiger partial charge in [0.05, 0.1) is 24.1 Å². The average Bonchev–Trinajstić information content (AvgIpc) is 3.05. The summed E-state index contributed by atoms with van der Waals surface area (Å²) in [4.78, 5) is 12.8. The van der Waals surface area contributed by atoms with Crippen LogP contribution in [0.2, 0.25) is 5.02 Å². The number of aryl methyl sites for hydroxylation is 2. The van der Waals surface area contributed by atoms with Gasteiger partial charge in [-0.15, -0.1) is 10.2 Å². The Kier molecular flexibility index (Phi) is 4.90. The Morgan fingerprint density at radius 3 is 2.66 bits per heavy atom. The van der Waals surface area contributed by atoms with Crippen LogP contribution in [-0.4, -0.2) is 32.8 Å². The topological polar surface area (TPSA) is 81.4 Å². The van der Waals surface area contributed by atoms with Gasteiger partial charge in [-0.25, -0.2) is 4.52 Å². The molecule has 29 heavy (non-hydrogen) atoms. The molecule has 146 valence electrons. The smallest absolute Gasteiger partial charge is 0.278 e. The third-order valence-electron chi connectivity index (χ3n) is 4.60. The summed E-state index contributed by atoms with van der Waals surface area (Å²) in [5, 5.41) is 16.5. The maximum Gasteiger partial charge on any atom is 0.278 e. The molecule has 0 radical (unpaired) electrons. The van der Waals surface area contributed by atoms with Gasteiger partial charge in [0.15, 0.2) is 11.3 Å². The molecule has 1 amide bonds. The number of nitrogens with one attached hydrogen (secondary N) is 1. The van der Waals surface area contributed by atoms with Gasteiger partial charge in [0.25, 0.3) is 5.91 Å². The fourth-order valence-corrected chi connectivity index (χ4v) is 3.38. The van der Waals surface area contributed by atoms with E-state index in [1.54, 1.807) is 42.8 Å². The Morgan fingerprint density at radius 2 is 1.90 bits per heavy atom. The molecule has 0 atom stereocenters. The van der Waals surface area contributed by atoms with Crippen molar-refractivity contribution in [1.29, 1.82) is 0 Å². The minimum Gasteiger partial charge on any atom is -0.497 e. The standard InChI is InChI=1S/C21H18ClN5O2/c1-12-18(14-6-4-7-15(22)10-14)20-25-24-19(13(2)27(20)26-12)21(28)23-16-8-5-9-17(11-16)29-3/h4-11H,1-3H3,(H,23,28). The van der Waals surface area contributed by atoms with Crippen LogP contribution in [0.3, 0.4) is 0 Å². The zero-order valence-electron chi connectivity index (χ0n) is 16.1. The first-order valence-electron chi connectivity index (χ1n) is 8.92. The van der Waals surface area contributed by atoms with Crippen LogP contribution in [0.25, 0.3) is 16.8 Å². The van der Waals surface area contributed by atoms with Gasteiger partial charge in [0, 0.05) is 16.8 Å². The monoisotopic (exact) mass is 407 g/mol. The summed E-state index contributed by atoms with van der Waals surface area (Å²) >= 11 is 6.14. The van der Waals surface area contributed by atoms with Gasteiger partial charge >= 0.3 is 0 Å². The molecule has 2 heterocycles. The molecule has 0 saturated carbocycles. The van der Waals surface area contributed by atoms with Crippen LogP contribution in [0.15, 0.2) is 48.5 Å². The number of ether oxygens (including phenoxy) is 1. The molecular weight excluding hydrogens is 390 g/mol. The molecule has 8 heteroatoms. The quantitative estimate of drug-likeness (QED) is 0.544. The molecule has 1 N–H and O–H groups in total. The van der Waals surface area contributed by atoms with Crippen molar-refractivity contribution >= 4 is 28.8 Å². The SMILES string of the molecule is COc1cccc(NC(=O)c2nnc3c(-c4cccc(Cl)c4)c(C)nn3c2C)c1. The molecule has 2 aromatic carbocycles. The third-order valence-corrected chi connectivity index (χ3v) is 4.83. The number of nitrogens with zero attached hydrogens (tertiary/aromatic N) is 4. The van der Waals surface area contributed by atoms with E-state index in [9.17, 15) is 4.79 Å². The Morgan fingerprint density at radius 1 is 1.10 bits per heavy atom. The fraction of sp³-hybridized carbons (Fsp3) is 0.143. The third kappa shape index (κ3) is 3.52. The summed E-state index contributed by atoms with van der Waals surface area (Å²) in [6.45, 7) is 3.68. The number of hydrogen-bond acceptors (Lipinski definition) is 5. The number of anilines is 1. The lowest BCUT2D eigenvalue weighted by Gasteiger charge is -2.09. The lowest BCUT2D eigenvalue weighted by atomic mass is 10.1. The first-order valence-corrected chi connectivity index (χ1v) is 9.29.